The summed E-state index contributed by atoms with van der Waals surface area (Å²) >= 11 is 7.50. The van der Waals surface area contributed by atoms with Crippen LogP contribution in [0.15, 0.2) is 45.3 Å². The predicted octanol–water partition coefficient (Wildman–Crippen LogP) is 6.22. The van der Waals surface area contributed by atoms with Crippen LogP contribution in [0, 0.1) is 22.7 Å². The van der Waals surface area contributed by atoms with Crippen molar-refractivity contribution < 1.29 is 0 Å². The number of fused-ring (bicyclic) bond motifs is 6. The highest BCUT2D eigenvalue weighted by Gasteiger charge is 2.20. The van der Waals surface area contributed by atoms with Crippen LogP contribution >= 0.6 is 31.9 Å². The first kappa shape index (κ1) is 15.5. The summed E-state index contributed by atoms with van der Waals surface area (Å²) in [4.78, 5) is 6.86. The lowest BCUT2D eigenvalue weighted by Crippen LogP contribution is -1.80. The largest absolute Gasteiger partial charge is 0.353 e. The summed E-state index contributed by atoms with van der Waals surface area (Å²) in [5.74, 6) is 0. The van der Waals surface area contributed by atoms with Gasteiger partial charge in [-0.15, -0.1) is 0 Å². The molecule has 122 valence electrons. The normalized spacial score (nSPS) is 11.4. The van der Waals surface area contributed by atoms with Gasteiger partial charge in [-0.2, -0.15) is 10.5 Å². The molecule has 2 heterocycles. The number of halogens is 2. The highest BCUT2D eigenvalue weighted by atomic mass is 79.9. The van der Waals surface area contributed by atoms with Crippen molar-refractivity contribution in [2.24, 2.45) is 0 Å². The molecule has 2 N–H and O–H groups in total. The third-order valence-electron chi connectivity index (χ3n) is 4.75. The van der Waals surface area contributed by atoms with E-state index in [0.29, 0.717) is 11.1 Å². The van der Waals surface area contributed by atoms with E-state index in [-0.39, 0.29) is 0 Å². The lowest BCUT2D eigenvalue weighted by atomic mass is 10.0. The SMILES string of the molecule is N#Cc1ccc2c(c1)[nH]c1c(Br)c3c([nH]c4cccc(C#N)c43)c(Br)c12. The van der Waals surface area contributed by atoms with Crippen molar-refractivity contribution in [3.63, 3.8) is 0 Å². The molecule has 5 aromatic rings. The molecule has 0 fully saturated rings. The summed E-state index contributed by atoms with van der Waals surface area (Å²) in [7, 11) is 0. The molecule has 0 spiro atoms. The van der Waals surface area contributed by atoms with Crippen molar-refractivity contribution in [1.82, 2.24) is 9.97 Å². The third kappa shape index (κ3) is 1.86. The van der Waals surface area contributed by atoms with Gasteiger partial charge in [0, 0.05) is 32.6 Å². The van der Waals surface area contributed by atoms with Gasteiger partial charge in [-0.05, 0) is 56.1 Å². The van der Waals surface area contributed by atoms with Crippen molar-refractivity contribution in [2.45, 2.75) is 0 Å². The van der Waals surface area contributed by atoms with Crippen LogP contribution in [0.4, 0.5) is 0 Å². The zero-order valence-electron chi connectivity index (χ0n) is 13.1. The average molecular weight is 464 g/mol. The standard InChI is InChI=1S/C20H8Br2N4/c21-17-15-11-5-4-9(7-23)6-13(11)26-19(15)18(22)16-14-10(8-24)2-1-3-12(14)25-20(16)17/h1-6,25-26H. The molecule has 0 bridgehead atoms. The maximum atomic E-state index is 9.53. The van der Waals surface area contributed by atoms with Gasteiger partial charge in [0.15, 0.2) is 0 Å². The molecule has 0 amide bonds. The first-order valence-corrected chi connectivity index (χ1v) is 9.39. The Balaban J connectivity index is 2.08. The molecule has 0 aliphatic carbocycles. The molecule has 0 atom stereocenters. The monoisotopic (exact) mass is 462 g/mol. The Kier molecular flexibility index (Phi) is 3.18. The quantitative estimate of drug-likeness (QED) is 0.285. The van der Waals surface area contributed by atoms with E-state index in [1.54, 1.807) is 0 Å². The summed E-state index contributed by atoms with van der Waals surface area (Å²) < 4.78 is 1.83. The van der Waals surface area contributed by atoms with E-state index in [0.717, 1.165) is 52.6 Å². The van der Waals surface area contributed by atoms with Crippen LogP contribution in [0.5, 0.6) is 0 Å². The first-order chi connectivity index (χ1) is 12.6. The second-order valence-corrected chi connectivity index (χ2v) is 7.68. The minimum atomic E-state index is 0.610. The highest BCUT2D eigenvalue weighted by molar-refractivity contribution is 9.11. The molecular formula is C20H8Br2N4. The molecule has 2 aromatic heterocycles. The lowest BCUT2D eigenvalue weighted by Gasteiger charge is -2.03. The molecule has 6 heteroatoms. The van der Waals surface area contributed by atoms with E-state index in [1.165, 1.54) is 0 Å². The number of hydrogen-bond donors (Lipinski definition) is 2. The molecule has 4 nitrogen and oxygen atoms in total. The Morgan fingerprint density at radius 2 is 1.50 bits per heavy atom. The molecule has 0 aliphatic rings. The maximum Gasteiger partial charge on any atom is 0.0998 e. The van der Waals surface area contributed by atoms with Gasteiger partial charge in [0.05, 0.1) is 43.2 Å². The van der Waals surface area contributed by atoms with Crippen LogP contribution in [0.25, 0.3) is 43.6 Å². The van der Waals surface area contributed by atoms with E-state index in [1.807, 2.05) is 36.4 Å². The number of rotatable bonds is 0. The van der Waals surface area contributed by atoms with E-state index >= 15 is 0 Å². The molecular weight excluding hydrogens is 456 g/mol. The molecule has 0 unspecified atom stereocenters. The average Bonchev–Trinajstić information content (AvgIpc) is 3.24. The lowest BCUT2D eigenvalue weighted by molar-refractivity contribution is 1.48. The Bertz CT molecular complexity index is 1480. The fourth-order valence-corrected chi connectivity index (χ4v) is 5.04. The fourth-order valence-electron chi connectivity index (χ4n) is 3.63. The maximum absolute atomic E-state index is 9.53. The molecule has 0 aliphatic heterocycles. The zero-order chi connectivity index (χ0) is 18.0. The number of hydrogen-bond acceptors (Lipinski definition) is 2. The molecule has 3 aromatic carbocycles. The van der Waals surface area contributed by atoms with Crippen LogP contribution in [-0.4, -0.2) is 9.97 Å². The summed E-state index contributed by atoms with van der Waals surface area (Å²) in [6.45, 7) is 0. The molecule has 0 radical (unpaired) electrons. The van der Waals surface area contributed by atoms with Crippen molar-refractivity contribution in [3.8, 4) is 12.1 Å². The predicted molar refractivity (Wildman–Crippen MR) is 110 cm³/mol. The minimum absolute atomic E-state index is 0.610. The number of H-pyrrole nitrogens is 2. The van der Waals surface area contributed by atoms with Crippen LogP contribution in [0.2, 0.25) is 0 Å². The fraction of sp³-hybridized carbons (Fsp3) is 0. The van der Waals surface area contributed by atoms with Crippen LogP contribution in [-0.2, 0) is 0 Å². The summed E-state index contributed by atoms with van der Waals surface area (Å²) in [5, 5.41) is 22.6. The van der Waals surface area contributed by atoms with Gasteiger partial charge in [0.2, 0.25) is 0 Å². The van der Waals surface area contributed by atoms with E-state index in [4.69, 9.17) is 5.26 Å². The Hall–Kier alpha value is -2.80. The second-order valence-electron chi connectivity index (χ2n) is 6.09. The Labute approximate surface area is 164 Å². The van der Waals surface area contributed by atoms with Crippen molar-refractivity contribution in [1.29, 1.82) is 10.5 Å². The summed E-state index contributed by atoms with van der Waals surface area (Å²) in [5.41, 5.74) is 4.93. The molecule has 5 rings (SSSR count). The van der Waals surface area contributed by atoms with Crippen molar-refractivity contribution in [2.75, 3.05) is 0 Å². The van der Waals surface area contributed by atoms with Crippen molar-refractivity contribution in [3.05, 3.63) is 56.5 Å². The number of benzene rings is 3. The Morgan fingerprint density at radius 1 is 0.769 bits per heavy atom. The van der Waals surface area contributed by atoms with Gasteiger partial charge in [-0.3, -0.25) is 0 Å². The number of nitrogens with one attached hydrogen (secondary N) is 2. The van der Waals surface area contributed by atoms with Gasteiger partial charge >= 0.3 is 0 Å². The first-order valence-electron chi connectivity index (χ1n) is 7.81. The van der Waals surface area contributed by atoms with Gasteiger partial charge in [-0.1, -0.05) is 12.1 Å². The smallest absolute Gasteiger partial charge is 0.0998 e. The van der Waals surface area contributed by atoms with Crippen LogP contribution in [0.1, 0.15) is 11.1 Å². The van der Waals surface area contributed by atoms with Crippen LogP contribution < -0.4 is 0 Å². The summed E-state index contributed by atoms with van der Waals surface area (Å²) in [6.07, 6.45) is 0. The van der Waals surface area contributed by atoms with Gasteiger partial charge in [0.25, 0.3) is 0 Å². The second kappa shape index (κ2) is 5.35. The topological polar surface area (TPSA) is 79.2 Å². The van der Waals surface area contributed by atoms with Gasteiger partial charge < -0.3 is 9.97 Å². The van der Waals surface area contributed by atoms with E-state index < -0.39 is 0 Å². The molecule has 0 saturated carbocycles. The van der Waals surface area contributed by atoms with Crippen molar-refractivity contribution >= 4 is 75.5 Å². The van der Waals surface area contributed by atoms with Crippen LogP contribution in [0.3, 0.4) is 0 Å². The number of nitrogens with zero attached hydrogens (tertiary/aromatic N) is 2. The molecule has 26 heavy (non-hydrogen) atoms. The minimum Gasteiger partial charge on any atom is -0.353 e. The highest BCUT2D eigenvalue weighted by Crippen LogP contribution is 2.45. The number of aromatic nitrogens is 2. The van der Waals surface area contributed by atoms with E-state index in [9.17, 15) is 5.26 Å². The third-order valence-corrected chi connectivity index (χ3v) is 6.34. The van der Waals surface area contributed by atoms with Gasteiger partial charge in [-0.25, -0.2) is 0 Å². The summed E-state index contributed by atoms with van der Waals surface area (Å²) in [6, 6.07) is 15.8. The zero-order valence-corrected chi connectivity index (χ0v) is 16.3. The van der Waals surface area contributed by atoms with E-state index in [2.05, 4.69) is 54.0 Å². The Morgan fingerprint density at radius 3 is 2.27 bits per heavy atom. The molecule has 0 saturated heterocycles. The number of nitriles is 2. The van der Waals surface area contributed by atoms with Gasteiger partial charge in [0.1, 0.15) is 0 Å². The number of aromatic amines is 2.